The van der Waals surface area contributed by atoms with E-state index in [-0.39, 0.29) is 6.04 Å². The lowest BCUT2D eigenvalue weighted by Gasteiger charge is -2.14. The van der Waals surface area contributed by atoms with Crippen LogP contribution in [0.3, 0.4) is 0 Å². The Morgan fingerprint density at radius 1 is 1.10 bits per heavy atom. The first-order valence-electron chi connectivity index (χ1n) is 7.04. The van der Waals surface area contributed by atoms with E-state index in [4.69, 9.17) is 0 Å². The first-order valence-corrected chi connectivity index (χ1v) is 7.04. The molecule has 1 atom stereocenters. The van der Waals surface area contributed by atoms with E-state index in [0.29, 0.717) is 0 Å². The van der Waals surface area contributed by atoms with Gasteiger partial charge in [-0.25, -0.2) is 4.98 Å². The van der Waals surface area contributed by atoms with Crippen molar-refractivity contribution in [3.8, 4) is 5.69 Å². The van der Waals surface area contributed by atoms with E-state index in [9.17, 15) is 0 Å². The largest absolute Gasteiger partial charge is 0.306 e. The Bertz CT molecular complexity index is 660. The van der Waals surface area contributed by atoms with Gasteiger partial charge in [-0.1, -0.05) is 18.2 Å². The van der Waals surface area contributed by atoms with E-state index in [2.05, 4.69) is 46.5 Å². The van der Waals surface area contributed by atoms with Crippen molar-refractivity contribution in [3.63, 3.8) is 0 Å². The van der Waals surface area contributed by atoms with E-state index in [1.54, 1.807) is 12.5 Å². The molecule has 1 N–H and O–H groups in total. The molecule has 0 radical (unpaired) electrons. The highest BCUT2D eigenvalue weighted by Gasteiger charge is 2.05. The van der Waals surface area contributed by atoms with Gasteiger partial charge in [-0.15, -0.1) is 0 Å². The summed E-state index contributed by atoms with van der Waals surface area (Å²) in [6.07, 6.45) is 7.35. The fraction of sp³-hybridized carbons (Fsp3) is 0.176. The maximum Gasteiger partial charge on any atom is 0.0991 e. The Kier molecular flexibility index (Phi) is 4.07. The third-order valence-corrected chi connectivity index (χ3v) is 3.51. The standard InChI is InChI=1S/C17H18N4/c1-14(20-12-16-4-2-3-9-19-16)15-5-7-17(8-6-15)21-11-10-18-13-21/h2-11,13-14,20H,12H2,1H3. The van der Waals surface area contributed by atoms with Gasteiger partial charge in [0.25, 0.3) is 0 Å². The molecule has 3 rings (SSSR count). The number of pyridine rings is 1. The molecule has 106 valence electrons. The molecule has 0 amide bonds. The van der Waals surface area contributed by atoms with E-state index in [0.717, 1.165) is 17.9 Å². The molecule has 0 fully saturated rings. The zero-order valence-corrected chi connectivity index (χ0v) is 12.0. The molecule has 4 heteroatoms. The first-order chi connectivity index (χ1) is 10.3. The van der Waals surface area contributed by atoms with Crippen molar-refractivity contribution >= 4 is 0 Å². The first kappa shape index (κ1) is 13.5. The third kappa shape index (κ3) is 3.35. The summed E-state index contributed by atoms with van der Waals surface area (Å²) in [5.74, 6) is 0. The van der Waals surface area contributed by atoms with Crippen LogP contribution >= 0.6 is 0 Å². The minimum atomic E-state index is 0.281. The van der Waals surface area contributed by atoms with Crippen molar-refractivity contribution in [2.45, 2.75) is 19.5 Å². The Morgan fingerprint density at radius 2 is 1.95 bits per heavy atom. The van der Waals surface area contributed by atoms with E-state index >= 15 is 0 Å². The number of nitrogens with zero attached hydrogens (tertiary/aromatic N) is 3. The summed E-state index contributed by atoms with van der Waals surface area (Å²) in [5.41, 5.74) is 3.43. The molecule has 0 aliphatic heterocycles. The maximum atomic E-state index is 4.32. The molecule has 1 aromatic carbocycles. The topological polar surface area (TPSA) is 42.7 Å². The van der Waals surface area contributed by atoms with Gasteiger partial charge in [-0.3, -0.25) is 4.98 Å². The highest BCUT2D eigenvalue weighted by atomic mass is 15.0. The number of hydrogen-bond donors (Lipinski definition) is 1. The molecule has 0 saturated carbocycles. The Balaban J connectivity index is 1.64. The Hall–Kier alpha value is -2.46. The zero-order chi connectivity index (χ0) is 14.5. The molecule has 2 heterocycles. The molecule has 0 aliphatic rings. The Morgan fingerprint density at radius 3 is 2.62 bits per heavy atom. The van der Waals surface area contributed by atoms with Gasteiger partial charge in [0.1, 0.15) is 0 Å². The highest BCUT2D eigenvalue weighted by Crippen LogP contribution is 2.16. The molecule has 0 saturated heterocycles. The van der Waals surface area contributed by atoms with Gasteiger partial charge in [0.2, 0.25) is 0 Å². The van der Waals surface area contributed by atoms with E-state index in [1.165, 1.54) is 5.56 Å². The van der Waals surface area contributed by atoms with Crippen LogP contribution in [0.1, 0.15) is 24.2 Å². The molecule has 4 nitrogen and oxygen atoms in total. The predicted molar refractivity (Wildman–Crippen MR) is 83.1 cm³/mol. The fourth-order valence-corrected chi connectivity index (χ4v) is 2.23. The second-order valence-corrected chi connectivity index (χ2v) is 4.99. The number of imidazole rings is 1. The van der Waals surface area contributed by atoms with Crippen LogP contribution in [0.15, 0.2) is 67.4 Å². The monoisotopic (exact) mass is 278 g/mol. The average Bonchev–Trinajstić information content (AvgIpc) is 3.08. The van der Waals surface area contributed by atoms with E-state index in [1.807, 2.05) is 35.2 Å². The zero-order valence-electron chi connectivity index (χ0n) is 12.0. The summed E-state index contributed by atoms with van der Waals surface area (Å²) in [4.78, 5) is 8.38. The summed E-state index contributed by atoms with van der Waals surface area (Å²) in [6.45, 7) is 2.93. The lowest BCUT2D eigenvalue weighted by molar-refractivity contribution is 0.568. The van der Waals surface area contributed by atoms with Crippen LogP contribution in [0.2, 0.25) is 0 Å². The van der Waals surface area contributed by atoms with Crippen molar-refractivity contribution in [1.29, 1.82) is 0 Å². The van der Waals surface area contributed by atoms with Crippen molar-refractivity contribution in [1.82, 2.24) is 19.9 Å². The van der Waals surface area contributed by atoms with Crippen LogP contribution in [-0.4, -0.2) is 14.5 Å². The van der Waals surface area contributed by atoms with Gasteiger partial charge < -0.3 is 9.88 Å². The SMILES string of the molecule is CC(NCc1ccccn1)c1ccc(-n2ccnc2)cc1. The molecule has 0 bridgehead atoms. The minimum Gasteiger partial charge on any atom is -0.306 e. The van der Waals surface area contributed by atoms with Gasteiger partial charge in [0, 0.05) is 36.9 Å². The molecule has 0 aliphatic carbocycles. The number of hydrogen-bond acceptors (Lipinski definition) is 3. The minimum absolute atomic E-state index is 0.281. The predicted octanol–water partition coefficient (Wildman–Crippen LogP) is 3.12. The molecule has 1 unspecified atom stereocenters. The Labute approximate surface area is 124 Å². The van der Waals surface area contributed by atoms with Crippen LogP contribution in [0.4, 0.5) is 0 Å². The smallest absolute Gasteiger partial charge is 0.0991 e. The number of benzene rings is 1. The maximum absolute atomic E-state index is 4.32. The van der Waals surface area contributed by atoms with Crippen molar-refractivity contribution < 1.29 is 0 Å². The highest BCUT2D eigenvalue weighted by molar-refractivity contribution is 5.35. The van der Waals surface area contributed by atoms with Crippen LogP contribution in [0.25, 0.3) is 5.69 Å². The molecule has 21 heavy (non-hydrogen) atoms. The van der Waals surface area contributed by atoms with Gasteiger partial charge >= 0.3 is 0 Å². The van der Waals surface area contributed by atoms with Crippen LogP contribution in [0, 0.1) is 0 Å². The lowest BCUT2D eigenvalue weighted by atomic mass is 10.1. The van der Waals surface area contributed by atoms with Crippen molar-refractivity contribution in [3.05, 3.63) is 78.6 Å². The van der Waals surface area contributed by atoms with Crippen molar-refractivity contribution in [2.75, 3.05) is 0 Å². The summed E-state index contributed by atoms with van der Waals surface area (Å²) >= 11 is 0. The van der Waals surface area contributed by atoms with Crippen molar-refractivity contribution in [2.24, 2.45) is 0 Å². The summed E-state index contributed by atoms with van der Waals surface area (Å²) in [7, 11) is 0. The van der Waals surface area contributed by atoms with Crippen LogP contribution in [-0.2, 0) is 6.54 Å². The second-order valence-electron chi connectivity index (χ2n) is 4.99. The molecule has 3 aromatic rings. The number of rotatable bonds is 5. The summed E-state index contributed by atoms with van der Waals surface area (Å²) in [6, 6.07) is 14.8. The van der Waals surface area contributed by atoms with Crippen LogP contribution in [0.5, 0.6) is 0 Å². The molecular weight excluding hydrogens is 260 g/mol. The fourth-order valence-electron chi connectivity index (χ4n) is 2.23. The van der Waals surface area contributed by atoms with E-state index < -0.39 is 0 Å². The van der Waals surface area contributed by atoms with Gasteiger partial charge in [-0.05, 0) is 36.8 Å². The molecule has 2 aromatic heterocycles. The average molecular weight is 278 g/mol. The molecular formula is C17H18N4. The van der Waals surface area contributed by atoms with Crippen LogP contribution < -0.4 is 5.32 Å². The van der Waals surface area contributed by atoms with Gasteiger partial charge in [-0.2, -0.15) is 0 Å². The second kappa shape index (κ2) is 6.33. The quantitative estimate of drug-likeness (QED) is 0.779. The number of aromatic nitrogens is 3. The summed E-state index contributed by atoms with van der Waals surface area (Å²) < 4.78 is 2.00. The number of nitrogens with one attached hydrogen (secondary N) is 1. The molecule has 0 spiro atoms. The summed E-state index contributed by atoms with van der Waals surface area (Å²) in [5, 5.41) is 3.49. The van der Waals surface area contributed by atoms with Gasteiger partial charge in [0.05, 0.1) is 12.0 Å². The lowest BCUT2D eigenvalue weighted by Crippen LogP contribution is -2.18. The van der Waals surface area contributed by atoms with Gasteiger partial charge in [0.15, 0.2) is 0 Å². The normalized spacial score (nSPS) is 12.2. The third-order valence-electron chi connectivity index (χ3n) is 3.51.